The van der Waals surface area contributed by atoms with Gasteiger partial charge >= 0.3 is 0 Å². The Hall–Kier alpha value is -2.00. The molecule has 0 aromatic heterocycles. The van der Waals surface area contributed by atoms with Gasteiger partial charge in [0.2, 0.25) is 0 Å². The maximum Gasteiger partial charge on any atom is 0.122 e. The van der Waals surface area contributed by atoms with Crippen molar-refractivity contribution in [2.75, 3.05) is 6.54 Å². The molecule has 0 saturated carbocycles. The first-order valence-corrected chi connectivity index (χ1v) is 8.12. The van der Waals surface area contributed by atoms with Crippen LogP contribution in [0, 0.1) is 27.7 Å². The molecule has 0 atom stereocenters. The average Bonchev–Trinajstić information content (AvgIpc) is 2.48. The summed E-state index contributed by atoms with van der Waals surface area (Å²) in [4.78, 5) is 2.22. The predicted octanol–water partition coefficient (Wildman–Crippen LogP) is 4.35. The molecule has 2 rings (SSSR count). The highest BCUT2D eigenvalue weighted by molar-refractivity contribution is 5.44. The van der Waals surface area contributed by atoms with Crippen molar-refractivity contribution < 1.29 is 10.2 Å². The second kappa shape index (κ2) is 7.05. The molecule has 0 saturated heterocycles. The van der Waals surface area contributed by atoms with Crippen molar-refractivity contribution in [1.29, 1.82) is 0 Å². The first-order chi connectivity index (χ1) is 10.8. The largest absolute Gasteiger partial charge is 0.507 e. The van der Waals surface area contributed by atoms with Crippen LogP contribution in [0.15, 0.2) is 24.3 Å². The number of hydrogen-bond donors (Lipinski definition) is 2. The van der Waals surface area contributed by atoms with Gasteiger partial charge in [-0.15, -0.1) is 0 Å². The fourth-order valence-corrected chi connectivity index (χ4v) is 3.10. The van der Waals surface area contributed by atoms with Gasteiger partial charge in [0, 0.05) is 24.2 Å². The Kier molecular flexibility index (Phi) is 5.32. The summed E-state index contributed by atoms with van der Waals surface area (Å²) < 4.78 is 0. The van der Waals surface area contributed by atoms with E-state index >= 15 is 0 Å². The Morgan fingerprint density at radius 2 is 1.13 bits per heavy atom. The number of phenolic OH excluding ortho intramolecular Hbond substituents is 2. The molecule has 124 valence electrons. The Morgan fingerprint density at radius 1 is 0.739 bits per heavy atom. The molecule has 0 bridgehead atoms. The second-order valence-corrected chi connectivity index (χ2v) is 6.48. The summed E-state index contributed by atoms with van der Waals surface area (Å²) in [5, 5.41) is 20.6. The summed E-state index contributed by atoms with van der Waals surface area (Å²) in [6, 6.07) is 8.05. The Labute approximate surface area is 139 Å². The van der Waals surface area contributed by atoms with Crippen molar-refractivity contribution in [1.82, 2.24) is 4.90 Å². The number of benzene rings is 2. The number of hydrogen-bond acceptors (Lipinski definition) is 3. The molecule has 2 N–H and O–H groups in total. The molecule has 0 amide bonds. The first kappa shape index (κ1) is 17.4. The minimum atomic E-state index is 0.374. The molecule has 0 aliphatic rings. The van der Waals surface area contributed by atoms with Crippen LogP contribution in [-0.4, -0.2) is 21.7 Å². The van der Waals surface area contributed by atoms with Crippen LogP contribution in [0.5, 0.6) is 11.5 Å². The molecule has 0 radical (unpaired) electrons. The summed E-state index contributed by atoms with van der Waals surface area (Å²) in [6.45, 7) is 12.2. The molecule has 0 fully saturated rings. The van der Waals surface area contributed by atoms with E-state index in [1.54, 1.807) is 0 Å². The van der Waals surface area contributed by atoms with Crippen LogP contribution in [0.4, 0.5) is 0 Å². The van der Waals surface area contributed by atoms with Gasteiger partial charge in [0.05, 0.1) is 0 Å². The summed E-state index contributed by atoms with van der Waals surface area (Å²) in [7, 11) is 0. The standard InChI is InChI=1S/C20H27NO2/c1-6-21(11-17-9-13(2)7-15(4)19(17)22)12-18-10-14(3)8-16(5)20(18)23/h7-10,22-23H,6,11-12H2,1-5H3. The third-order valence-corrected chi connectivity index (χ3v) is 4.28. The van der Waals surface area contributed by atoms with Crippen LogP contribution in [-0.2, 0) is 13.1 Å². The van der Waals surface area contributed by atoms with E-state index in [0.717, 1.165) is 39.9 Å². The lowest BCUT2D eigenvalue weighted by Gasteiger charge is -2.23. The lowest BCUT2D eigenvalue weighted by Crippen LogP contribution is -2.22. The van der Waals surface area contributed by atoms with Crippen molar-refractivity contribution in [3.8, 4) is 11.5 Å². The number of aryl methyl sites for hydroxylation is 4. The van der Waals surface area contributed by atoms with Gasteiger partial charge in [-0.3, -0.25) is 4.90 Å². The molecule has 2 aromatic carbocycles. The highest BCUT2D eigenvalue weighted by Gasteiger charge is 2.13. The van der Waals surface area contributed by atoms with E-state index in [9.17, 15) is 10.2 Å². The minimum absolute atomic E-state index is 0.374. The van der Waals surface area contributed by atoms with Gasteiger partial charge in [0.25, 0.3) is 0 Å². The van der Waals surface area contributed by atoms with Crippen LogP contribution in [0.3, 0.4) is 0 Å². The summed E-state index contributed by atoms with van der Waals surface area (Å²) in [5.41, 5.74) is 6.00. The molecule has 0 unspecified atom stereocenters. The SMILES string of the molecule is CCN(Cc1cc(C)cc(C)c1O)Cc1cc(C)cc(C)c1O. The molecule has 0 heterocycles. The molecular weight excluding hydrogens is 286 g/mol. The second-order valence-electron chi connectivity index (χ2n) is 6.48. The lowest BCUT2D eigenvalue weighted by atomic mass is 10.0. The topological polar surface area (TPSA) is 43.7 Å². The highest BCUT2D eigenvalue weighted by atomic mass is 16.3. The van der Waals surface area contributed by atoms with E-state index in [-0.39, 0.29) is 0 Å². The number of nitrogens with zero attached hydrogens (tertiary/aromatic N) is 1. The first-order valence-electron chi connectivity index (χ1n) is 8.12. The van der Waals surface area contributed by atoms with E-state index in [2.05, 4.69) is 11.8 Å². The van der Waals surface area contributed by atoms with Crippen molar-refractivity contribution in [2.24, 2.45) is 0 Å². The molecule has 0 aliphatic carbocycles. The molecule has 3 nitrogen and oxygen atoms in total. The number of phenols is 2. The molecule has 3 heteroatoms. The lowest BCUT2D eigenvalue weighted by molar-refractivity contribution is 0.263. The summed E-state index contributed by atoms with van der Waals surface area (Å²) in [6.07, 6.45) is 0. The minimum Gasteiger partial charge on any atom is -0.507 e. The predicted molar refractivity (Wildman–Crippen MR) is 94.9 cm³/mol. The fraction of sp³-hybridized carbons (Fsp3) is 0.400. The quantitative estimate of drug-likeness (QED) is 0.862. The maximum atomic E-state index is 10.3. The van der Waals surface area contributed by atoms with Gasteiger partial charge in [0.1, 0.15) is 11.5 Å². The van der Waals surface area contributed by atoms with E-state index in [0.29, 0.717) is 24.6 Å². The van der Waals surface area contributed by atoms with Crippen molar-refractivity contribution in [3.63, 3.8) is 0 Å². The van der Waals surface area contributed by atoms with Crippen LogP contribution in [0.1, 0.15) is 40.3 Å². The zero-order chi connectivity index (χ0) is 17.1. The maximum absolute atomic E-state index is 10.3. The zero-order valence-corrected chi connectivity index (χ0v) is 14.8. The number of rotatable bonds is 5. The van der Waals surface area contributed by atoms with Gasteiger partial charge in [-0.05, 0) is 45.4 Å². The Balaban J connectivity index is 2.25. The van der Waals surface area contributed by atoms with E-state index in [4.69, 9.17) is 0 Å². The van der Waals surface area contributed by atoms with E-state index in [1.165, 1.54) is 0 Å². The third kappa shape index (κ3) is 4.05. The van der Waals surface area contributed by atoms with Crippen LogP contribution < -0.4 is 0 Å². The van der Waals surface area contributed by atoms with Gasteiger partial charge in [-0.2, -0.15) is 0 Å². The van der Waals surface area contributed by atoms with Crippen molar-refractivity contribution in [3.05, 3.63) is 57.6 Å². The van der Waals surface area contributed by atoms with Crippen LogP contribution in [0.25, 0.3) is 0 Å². The van der Waals surface area contributed by atoms with E-state index < -0.39 is 0 Å². The smallest absolute Gasteiger partial charge is 0.122 e. The fourth-order valence-electron chi connectivity index (χ4n) is 3.10. The van der Waals surface area contributed by atoms with Crippen molar-refractivity contribution >= 4 is 0 Å². The van der Waals surface area contributed by atoms with E-state index in [1.807, 2.05) is 52.0 Å². The zero-order valence-electron chi connectivity index (χ0n) is 14.8. The van der Waals surface area contributed by atoms with Gasteiger partial charge in [-0.1, -0.05) is 42.3 Å². The third-order valence-electron chi connectivity index (χ3n) is 4.28. The summed E-state index contributed by atoms with van der Waals surface area (Å²) >= 11 is 0. The molecule has 0 aliphatic heterocycles. The number of aromatic hydroxyl groups is 2. The van der Waals surface area contributed by atoms with Crippen molar-refractivity contribution in [2.45, 2.75) is 47.7 Å². The highest BCUT2D eigenvalue weighted by Crippen LogP contribution is 2.28. The van der Waals surface area contributed by atoms with Gasteiger partial charge in [-0.25, -0.2) is 0 Å². The molecule has 23 heavy (non-hydrogen) atoms. The Morgan fingerprint density at radius 3 is 1.48 bits per heavy atom. The van der Waals surface area contributed by atoms with Crippen LogP contribution >= 0.6 is 0 Å². The van der Waals surface area contributed by atoms with Gasteiger partial charge < -0.3 is 10.2 Å². The molecular formula is C20H27NO2. The average molecular weight is 313 g/mol. The van der Waals surface area contributed by atoms with Crippen LogP contribution in [0.2, 0.25) is 0 Å². The normalized spacial score (nSPS) is 11.2. The summed E-state index contributed by atoms with van der Waals surface area (Å²) in [5.74, 6) is 0.748. The van der Waals surface area contributed by atoms with Gasteiger partial charge in [0.15, 0.2) is 0 Å². The monoisotopic (exact) mass is 313 g/mol. The molecule has 0 spiro atoms. The Bertz CT molecular complexity index is 648. The molecule has 2 aromatic rings.